The summed E-state index contributed by atoms with van der Waals surface area (Å²) >= 11 is 6.97. The molecule has 2 nitrogen and oxygen atoms in total. The molecule has 0 aromatic heterocycles. The lowest BCUT2D eigenvalue weighted by Gasteiger charge is -2.09. The molecule has 2 aromatic rings. The quantitative estimate of drug-likeness (QED) is 0.124. The van der Waals surface area contributed by atoms with E-state index >= 15 is 0 Å². The number of hydrogen-bond donors (Lipinski definition) is 0. The number of halogens is 2. The third-order valence-electron chi connectivity index (χ3n) is 5.64. The van der Waals surface area contributed by atoms with Crippen molar-refractivity contribution in [2.45, 2.75) is 77.0 Å². The molecular weight excluding hydrogens is 528 g/mol. The Morgan fingerprint density at radius 3 is 1.06 bits per heavy atom. The molecule has 0 aliphatic carbocycles. The van der Waals surface area contributed by atoms with Gasteiger partial charge in [0.2, 0.25) is 0 Å². The highest BCUT2D eigenvalue weighted by Crippen LogP contribution is 2.25. The maximum atomic E-state index is 5.91. The lowest BCUT2D eigenvalue weighted by Crippen LogP contribution is -1.97. The molecule has 0 aliphatic heterocycles. The van der Waals surface area contributed by atoms with Crippen LogP contribution in [-0.4, -0.2) is 23.9 Å². The van der Waals surface area contributed by atoms with Crippen molar-refractivity contribution in [2.75, 3.05) is 23.9 Å². The van der Waals surface area contributed by atoms with E-state index < -0.39 is 0 Å². The van der Waals surface area contributed by atoms with E-state index in [1.165, 1.54) is 75.3 Å². The molecule has 0 fully saturated rings. The fraction of sp³-hybridized carbons (Fsp3) is 0.571. The maximum Gasteiger partial charge on any atom is 0.119 e. The topological polar surface area (TPSA) is 18.5 Å². The highest BCUT2D eigenvalue weighted by atomic mass is 79.9. The summed E-state index contributed by atoms with van der Waals surface area (Å²) in [4.78, 5) is 0. The molecule has 0 saturated carbocycles. The predicted octanol–water partition coefficient (Wildman–Crippen LogP) is 9.58. The van der Waals surface area contributed by atoms with Crippen LogP contribution in [0.3, 0.4) is 0 Å². The van der Waals surface area contributed by atoms with Gasteiger partial charge < -0.3 is 9.47 Å². The molecule has 32 heavy (non-hydrogen) atoms. The van der Waals surface area contributed by atoms with E-state index in [1.54, 1.807) is 0 Å². The Kier molecular flexibility index (Phi) is 15.7. The molecule has 0 spiro atoms. The molecule has 178 valence electrons. The minimum Gasteiger partial charge on any atom is -0.494 e. The summed E-state index contributed by atoms with van der Waals surface area (Å²) < 4.78 is 11.8. The van der Waals surface area contributed by atoms with Crippen LogP contribution in [-0.2, 0) is 0 Å². The van der Waals surface area contributed by atoms with Gasteiger partial charge in [-0.25, -0.2) is 0 Å². The zero-order chi connectivity index (χ0) is 22.7. The van der Waals surface area contributed by atoms with Crippen LogP contribution in [0.4, 0.5) is 0 Å². The van der Waals surface area contributed by atoms with Crippen LogP contribution >= 0.6 is 31.9 Å². The van der Waals surface area contributed by atoms with Gasteiger partial charge in [-0.2, -0.15) is 0 Å². The molecule has 4 heteroatoms. The first-order chi connectivity index (χ1) is 15.8. The summed E-state index contributed by atoms with van der Waals surface area (Å²) in [6.07, 6.45) is 15.3. The predicted molar refractivity (Wildman–Crippen MR) is 146 cm³/mol. The Bertz CT molecular complexity index is 624. The van der Waals surface area contributed by atoms with Gasteiger partial charge in [-0.1, -0.05) is 107 Å². The molecule has 0 amide bonds. The van der Waals surface area contributed by atoms with Gasteiger partial charge in [-0.05, 0) is 61.1 Å². The Morgan fingerprint density at radius 2 is 0.719 bits per heavy atom. The Balaban J connectivity index is 1.61. The van der Waals surface area contributed by atoms with Crippen LogP contribution < -0.4 is 9.47 Å². The lowest BCUT2D eigenvalue weighted by molar-refractivity contribution is 0.304. The van der Waals surface area contributed by atoms with E-state index in [2.05, 4.69) is 80.4 Å². The van der Waals surface area contributed by atoms with Crippen molar-refractivity contribution in [1.82, 2.24) is 0 Å². The molecule has 2 rings (SSSR count). The Labute approximate surface area is 212 Å². The van der Waals surface area contributed by atoms with Gasteiger partial charge in [0.05, 0.1) is 13.2 Å². The summed E-state index contributed by atoms with van der Waals surface area (Å²) in [5, 5.41) is 2.25. The van der Waals surface area contributed by atoms with Crippen LogP contribution in [0.25, 0.3) is 11.1 Å². The monoisotopic (exact) mass is 566 g/mol. The molecule has 0 aliphatic rings. The zero-order valence-corrected chi connectivity index (χ0v) is 22.7. The van der Waals surface area contributed by atoms with Crippen molar-refractivity contribution in [3.8, 4) is 22.6 Å². The number of unbranched alkanes of at least 4 members (excludes halogenated alkanes) is 10. The average Bonchev–Trinajstić information content (AvgIpc) is 2.83. The third-order valence-corrected chi connectivity index (χ3v) is 6.76. The van der Waals surface area contributed by atoms with E-state index in [4.69, 9.17) is 9.47 Å². The van der Waals surface area contributed by atoms with E-state index in [0.29, 0.717) is 0 Å². The molecule has 0 unspecified atom stereocenters. The zero-order valence-electron chi connectivity index (χ0n) is 19.5. The average molecular weight is 568 g/mol. The molecular formula is C28H40Br2O2. The van der Waals surface area contributed by atoms with Gasteiger partial charge in [-0.3, -0.25) is 0 Å². The second kappa shape index (κ2) is 18.4. The molecule has 0 bridgehead atoms. The fourth-order valence-electron chi connectivity index (χ4n) is 3.67. The first kappa shape index (κ1) is 27.2. The number of benzene rings is 2. The van der Waals surface area contributed by atoms with Gasteiger partial charge in [0.1, 0.15) is 11.5 Å². The van der Waals surface area contributed by atoms with Gasteiger partial charge in [0, 0.05) is 10.7 Å². The number of ether oxygens (including phenoxy) is 2. The first-order valence-corrected chi connectivity index (χ1v) is 14.7. The van der Waals surface area contributed by atoms with Crippen LogP contribution in [0.5, 0.6) is 11.5 Å². The summed E-state index contributed by atoms with van der Waals surface area (Å²) in [5.41, 5.74) is 2.42. The Hall–Kier alpha value is -1.00. The van der Waals surface area contributed by atoms with Crippen molar-refractivity contribution >= 4 is 31.9 Å². The smallest absolute Gasteiger partial charge is 0.119 e. The minimum atomic E-state index is 0.806. The van der Waals surface area contributed by atoms with E-state index in [9.17, 15) is 0 Å². The second-order valence-electron chi connectivity index (χ2n) is 8.37. The Morgan fingerprint density at radius 1 is 0.406 bits per heavy atom. The first-order valence-electron chi connectivity index (χ1n) is 12.4. The van der Waals surface area contributed by atoms with Crippen LogP contribution in [0, 0.1) is 0 Å². The van der Waals surface area contributed by atoms with Gasteiger partial charge >= 0.3 is 0 Å². The summed E-state index contributed by atoms with van der Waals surface area (Å²) in [7, 11) is 0. The van der Waals surface area contributed by atoms with Crippen molar-refractivity contribution in [3.05, 3.63) is 48.5 Å². The molecule has 0 atom stereocenters. The fourth-order valence-corrected chi connectivity index (χ4v) is 4.47. The molecule has 0 heterocycles. The van der Waals surface area contributed by atoms with Crippen LogP contribution in [0.1, 0.15) is 77.0 Å². The van der Waals surface area contributed by atoms with Crippen molar-refractivity contribution in [2.24, 2.45) is 0 Å². The van der Waals surface area contributed by atoms with E-state index in [-0.39, 0.29) is 0 Å². The van der Waals surface area contributed by atoms with Gasteiger partial charge in [0.25, 0.3) is 0 Å². The minimum absolute atomic E-state index is 0.806. The maximum absolute atomic E-state index is 5.91. The van der Waals surface area contributed by atoms with Gasteiger partial charge in [0.15, 0.2) is 0 Å². The van der Waals surface area contributed by atoms with E-state index in [0.717, 1.165) is 48.2 Å². The highest BCUT2D eigenvalue weighted by molar-refractivity contribution is 9.09. The summed E-state index contributed by atoms with van der Waals surface area (Å²) in [5.74, 6) is 1.92. The molecule has 0 radical (unpaired) electrons. The highest BCUT2D eigenvalue weighted by Gasteiger charge is 2.01. The molecule has 0 saturated heterocycles. The number of hydrogen-bond acceptors (Lipinski definition) is 2. The number of alkyl halides is 2. The van der Waals surface area contributed by atoms with Crippen molar-refractivity contribution < 1.29 is 9.47 Å². The van der Waals surface area contributed by atoms with Crippen molar-refractivity contribution in [3.63, 3.8) is 0 Å². The summed E-state index contributed by atoms with van der Waals surface area (Å²) in [6.45, 7) is 1.61. The summed E-state index contributed by atoms with van der Waals surface area (Å²) in [6, 6.07) is 16.9. The normalized spacial score (nSPS) is 10.9. The third kappa shape index (κ3) is 12.3. The van der Waals surface area contributed by atoms with Crippen LogP contribution in [0.15, 0.2) is 48.5 Å². The van der Waals surface area contributed by atoms with Crippen LogP contribution in [0.2, 0.25) is 0 Å². The van der Waals surface area contributed by atoms with E-state index in [1.807, 2.05) is 0 Å². The standard InChI is InChI=1S/C28H40Br2O2/c29-21-9-5-1-3-7-11-23-31-27-17-13-25(14-18-27)26-15-19-28(20-16-26)32-24-12-8-4-2-6-10-22-30/h13-20H,1-12,21-24H2. The lowest BCUT2D eigenvalue weighted by atomic mass is 10.1. The number of rotatable bonds is 19. The second-order valence-corrected chi connectivity index (χ2v) is 9.95. The SMILES string of the molecule is BrCCCCCCCCOc1ccc(-c2ccc(OCCCCCCCCBr)cc2)cc1. The van der Waals surface area contributed by atoms with Gasteiger partial charge in [-0.15, -0.1) is 0 Å². The van der Waals surface area contributed by atoms with Crippen molar-refractivity contribution in [1.29, 1.82) is 0 Å². The molecule has 2 aromatic carbocycles. The molecule has 0 N–H and O–H groups in total. The largest absolute Gasteiger partial charge is 0.494 e.